The number of hydrogen-bond donors (Lipinski definition) is 0. The van der Waals surface area contributed by atoms with Crippen LogP contribution in [0.25, 0.3) is 11.3 Å². The average molecular weight is 335 g/mol. The molecule has 1 heterocycles. The molecular weight excluding hydrogens is 313 g/mol. The number of carbonyl (C=O) groups excluding carboxylic acids is 1. The lowest BCUT2D eigenvalue weighted by molar-refractivity contribution is -0.117. The zero-order chi connectivity index (χ0) is 17.6. The maximum Gasteiger partial charge on any atom is 0.130 e. The second-order valence-corrected chi connectivity index (χ2v) is 6.31. The Balaban J connectivity index is 1.88. The number of Topliss-reactive ketones (excluding diaryl/α,β-unsaturated/α-hetero) is 1. The molecule has 0 saturated carbocycles. The SMILES string of the molecule is CC(=O)CCc1ccc(-c2ccc(F)cc2)n1CCc1ccccc1. The van der Waals surface area contributed by atoms with E-state index in [1.54, 1.807) is 19.1 Å². The Hall–Kier alpha value is -2.68. The summed E-state index contributed by atoms with van der Waals surface area (Å²) < 4.78 is 15.5. The summed E-state index contributed by atoms with van der Waals surface area (Å²) >= 11 is 0. The van der Waals surface area contributed by atoms with Crippen LogP contribution in [0.3, 0.4) is 0 Å². The molecule has 2 nitrogen and oxygen atoms in total. The largest absolute Gasteiger partial charge is 0.344 e. The van der Waals surface area contributed by atoms with Crippen molar-refractivity contribution in [3.8, 4) is 11.3 Å². The number of carbonyl (C=O) groups is 1. The highest BCUT2D eigenvalue weighted by atomic mass is 19.1. The Bertz CT molecular complexity index is 834. The van der Waals surface area contributed by atoms with Gasteiger partial charge in [0, 0.05) is 24.4 Å². The molecule has 0 N–H and O–H groups in total. The fourth-order valence-electron chi connectivity index (χ4n) is 3.05. The van der Waals surface area contributed by atoms with E-state index in [0.717, 1.165) is 36.3 Å². The van der Waals surface area contributed by atoms with Gasteiger partial charge in [-0.2, -0.15) is 0 Å². The number of benzene rings is 2. The molecular formula is C22H22FNO. The summed E-state index contributed by atoms with van der Waals surface area (Å²) in [6.45, 7) is 2.45. The van der Waals surface area contributed by atoms with E-state index in [-0.39, 0.29) is 11.6 Å². The Kier molecular flexibility index (Phi) is 5.44. The lowest BCUT2D eigenvalue weighted by Gasteiger charge is -2.14. The van der Waals surface area contributed by atoms with Gasteiger partial charge in [0.05, 0.1) is 0 Å². The summed E-state index contributed by atoms with van der Waals surface area (Å²) in [4.78, 5) is 11.4. The van der Waals surface area contributed by atoms with E-state index in [1.807, 2.05) is 18.2 Å². The van der Waals surface area contributed by atoms with Gasteiger partial charge >= 0.3 is 0 Å². The molecule has 0 unspecified atom stereocenters. The van der Waals surface area contributed by atoms with Crippen LogP contribution >= 0.6 is 0 Å². The van der Waals surface area contributed by atoms with Crippen LogP contribution in [0.15, 0.2) is 66.7 Å². The molecule has 128 valence electrons. The average Bonchev–Trinajstić information content (AvgIpc) is 3.02. The number of hydrogen-bond acceptors (Lipinski definition) is 1. The van der Waals surface area contributed by atoms with Gasteiger partial charge in [0.1, 0.15) is 11.6 Å². The van der Waals surface area contributed by atoms with Crippen molar-refractivity contribution in [1.29, 1.82) is 0 Å². The molecule has 0 bridgehead atoms. The molecule has 3 rings (SSSR count). The molecule has 3 aromatic rings. The van der Waals surface area contributed by atoms with Gasteiger partial charge in [-0.1, -0.05) is 30.3 Å². The van der Waals surface area contributed by atoms with Gasteiger partial charge in [-0.15, -0.1) is 0 Å². The predicted molar refractivity (Wildman–Crippen MR) is 99.0 cm³/mol. The van der Waals surface area contributed by atoms with Crippen LogP contribution in [-0.4, -0.2) is 10.4 Å². The Labute approximate surface area is 147 Å². The summed E-state index contributed by atoms with van der Waals surface area (Å²) in [5.74, 6) is -0.0397. The maximum atomic E-state index is 13.2. The quantitative estimate of drug-likeness (QED) is 0.591. The highest BCUT2D eigenvalue weighted by Crippen LogP contribution is 2.24. The highest BCUT2D eigenvalue weighted by Gasteiger charge is 2.11. The summed E-state index contributed by atoms with van der Waals surface area (Å²) in [7, 11) is 0. The van der Waals surface area contributed by atoms with Gasteiger partial charge in [0.15, 0.2) is 0 Å². The van der Waals surface area contributed by atoms with Crippen LogP contribution in [0.1, 0.15) is 24.6 Å². The zero-order valence-electron chi connectivity index (χ0n) is 14.4. The molecule has 0 aliphatic carbocycles. The molecule has 0 spiro atoms. The monoisotopic (exact) mass is 335 g/mol. The minimum atomic E-state index is -0.233. The minimum Gasteiger partial charge on any atom is -0.344 e. The Morgan fingerprint density at radius 1 is 0.920 bits per heavy atom. The van der Waals surface area contributed by atoms with E-state index in [9.17, 15) is 9.18 Å². The number of rotatable bonds is 7. The van der Waals surface area contributed by atoms with E-state index in [0.29, 0.717) is 6.42 Å². The number of ketones is 1. The van der Waals surface area contributed by atoms with E-state index >= 15 is 0 Å². The van der Waals surface area contributed by atoms with Crippen molar-refractivity contribution >= 4 is 5.78 Å². The topological polar surface area (TPSA) is 22.0 Å². The van der Waals surface area contributed by atoms with Crippen molar-refractivity contribution in [3.05, 3.63) is 83.8 Å². The van der Waals surface area contributed by atoms with Gasteiger partial charge in [-0.05, 0) is 67.3 Å². The Morgan fingerprint density at radius 2 is 1.64 bits per heavy atom. The van der Waals surface area contributed by atoms with Crippen molar-refractivity contribution < 1.29 is 9.18 Å². The molecule has 0 fully saturated rings. The number of aromatic nitrogens is 1. The van der Waals surface area contributed by atoms with Gasteiger partial charge in [0.2, 0.25) is 0 Å². The van der Waals surface area contributed by atoms with E-state index < -0.39 is 0 Å². The molecule has 0 amide bonds. The lowest BCUT2D eigenvalue weighted by Crippen LogP contribution is -2.08. The van der Waals surface area contributed by atoms with Crippen molar-refractivity contribution in [2.75, 3.05) is 0 Å². The first-order valence-corrected chi connectivity index (χ1v) is 8.61. The molecule has 0 radical (unpaired) electrons. The van der Waals surface area contributed by atoms with Crippen LogP contribution in [0.2, 0.25) is 0 Å². The fraction of sp³-hybridized carbons (Fsp3) is 0.227. The smallest absolute Gasteiger partial charge is 0.130 e. The first kappa shape index (κ1) is 17.2. The third-order valence-corrected chi connectivity index (χ3v) is 4.41. The predicted octanol–water partition coefficient (Wildman–Crippen LogP) is 5.06. The van der Waals surface area contributed by atoms with Crippen molar-refractivity contribution in [1.82, 2.24) is 4.57 Å². The molecule has 0 aliphatic rings. The van der Waals surface area contributed by atoms with Crippen molar-refractivity contribution in [3.63, 3.8) is 0 Å². The number of nitrogens with zero attached hydrogens (tertiary/aromatic N) is 1. The summed E-state index contributed by atoms with van der Waals surface area (Å²) in [6, 6.07) is 21.1. The summed E-state index contributed by atoms with van der Waals surface area (Å²) in [5, 5.41) is 0. The Morgan fingerprint density at radius 3 is 2.32 bits per heavy atom. The van der Waals surface area contributed by atoms with Crippen LogP contribution in [0.5, 0.6) is 0 Å². The third-order valence-electron chi connectivity index (χ3n) is 4.41. The van der Waals surface area contributed by atoms with Gasteiger partial charge in [0.25, 0.3) is 0 Å². The van der Waals surface area contributed by atoms with Crippen molar-refractivity contribution in [2.24, 2.45) is 0 Å². The fourth-order valence-corrected chi connectivity index (χ4v) is 3.05. The molecule has 25 heavy (non-hydrogen) atoms. The number of halogens is 1. The van der Waals surface area contributed by atoms with Crippen LogP contribution in [0, 0.1) is 5.82 Å². The molecule has 0 atom stereocenters. The molecule has 3 heteroatoms. The van der Waals surface area contributed by atoms with Crippen LogP contribution in [0.4, 0.5) is 4.39 Å². The van der Waals surface area contributed by atoms with E-state index in [1.165, 1.54) is 17.7 Å². The number of aryl methyl sites for hydroxylation is 2. The normalized spacial score (nSPS) is 10.8. The molecule has 0 aliphatic heterocycles. The molecule has 0 saturated heterocycles. The highest BCUT2D eigenvalue weighted by molar-refractivity contribution is 5.75. The molecule has 1 aromatic heterocycles. The third kappa shape index (κ3) is 4.44. The van der Waals surface area contributed by atoms with Gasteiger partial charge < -0.3 is 9.36 Å². The molecule has 2 aromatic carbocycles. The maximum absolute atomic E-state index is 13.2. The second-order valence-electron chi connectivity index (χ2n) is 6.31. The summed E-state index contributed by atoms with van der Waals surface area (Å²) in [6.07, 6.45) is 2.18. The van der Waals surface area contributed by atoms with Crippen LogP contribution < -0.4 is 0 Å². The van der Waals surface area contributed by atoms with Gasteiger partial charge in [-0.3, -0.25) is 0 Å². The summed E-state index contributed by atoms with van der Waals surface area (Å²) in [5.41, 5.74) is 4.47. The van der Waals surface area contributed by atoms with Gasteiger partial charge in [-0.25, -0.2) is 4.39 Å². The second kappa shape index (κ2) is 7.93. The van der Waals surface area contributed by atoms with Crippen LogP contribution in [-0.2, 0) is 24.2 Å². The standard InChI is InChI=1S/C22H22FNO/c1-17(25)7-12-21-13-14-22(19-8-10-20(23)11-9-19)24(21)16-15-18-5-3-2-4-6-18/h2-6,8-11,13-14H,7,12,15-16H2,1H3. The van der Waals surface area contributed by atoms with E-state index in [4.69, 9.17) is 0 Å². The van der Waals surface area contributed by atoms with Crippen molar-refractivity contribution in [2.45, 2.75) is 32.7 Å². The minimum absolute atomic E-state index is 0.194. The lowest BCUT2D eigenvalue weighted by atomic mass is 10.1. The first-order valence-electron chi connectivity index (χ1n) is 8.61. The van der Waals surface area contributed by atoms with E-state index in [2.05, 4.69) is 28.8 Å². The first-order chi connectivity index (χ1) is 12.1. The zero-order valence-corrected chi connectivity index (χ0v) is 14.4.